The number of aliphatic imine (C=N–C) groups is 1. The number of hydrogen-bond acceptors (Lipinski definition) is 6. The molecule has 1 atom stereocenters. The molecule has 0 saturated heterocycles. The van der Waals surface area contributed by atoms with Crippen LogP contribution < -0.4 is 5.32 Å². The zero-order chi connectivity index (χ0) is 13.8. The summed E-state index contributed by atoms with van der Waals surface area (Å²) in [5.41, 5.74) is 1.05. The van der Waals surface area contributed by atoms with Gasteiger partial charge < -0.3 is 5.32 Å². The molecule has 0 bridgehead atoms. The number of carbonyl (C=O) groups excluding carboxylic acids is 1. The Morgan fingerprint density at radius 2 is 2.25 bits per heavy atom. The first kappa shape index (κ1) is 12.8. The van der Waals surface area contributed by atoms with Crippen molar-refractivity contribution >= 4 is 22.7 Å². The summed E-state index contributed by atoms with van der Waals surface area (Å²) in [7, 11) is 0. The number of aromatic nitrogens is 4. The summed E-state index contributed by atoms with van der Waals surface area (Å²) in [6.45, 7) is 0.257. The Balaban J connectivity index is 1.61. The topological polar surface area (TPSA) is 95.9 Å². The molecule has 0 spiro atoms. The maximum atomic E-state index is 12.0. The van der Waals surface area contributed by atoms with Gasteiger partial charge in [-0.3, -0.25) is 9.79 Å². The number of nitrogens with zero attached hydrogens (tertiary/aromatic N) is 4. The van der Waals surface area contributed by atoms with Gasteiger partial charge in [-0.1, -0.05) is 35.5 Å². The molecule has 3 rings (SSSR count). The number of thioether (sulfide) groups is 1. The van der Waals surface area contributed by atoms with E-state index < -0.39 is 0 Å². The zero-order valence-corrected chi connectivity index (χ0v) is 11.3. The third kappa shape index (κ3) is 2.85. The molecule has 1 unspecified atom stereocenters. The quantitative estimate of drug-likeness (QED) is 0.848. The zero-order valence-electron chi connectivity index (χ0n) is 10.5. The minimum Gasteiger partial charge on any atom is -0.347 e. The van der Waals surface area contributed by atoms with Gasteiger partial charge >= 0.3 is 0 Å². The van der Waals surface area contributed by atoms with Crippen LogP contribution in [-0.4, -0.2) is 43.4 Å². The van der Waals surface area contributed by atoms with E-state index in [1.54, 1.807) is 11.8 Å². The smallest absolute Gasteiger partial charge is 0.246 e. The summed E-state index contributed by atoms with van der Waals surface area (Å²) < 4.78 is 0. The molecule has 2 N–H and O–H groups in total. The highest BCUT2D eigenvalue weighted by atomic mass is 32.2. The van der Waals surface area contributed by atoms with Crippen molar-refractivity contribution in [3.63, 3.8) is 0 Å². The van der Waals surface area contributed by atoms with Crippen molar-refractivity contribution in [2.45, 2.75) is 12.6 Å². The minimum atomic E-state index is -0.359. The Bertz CT molecular complexity index is 612. The fraction of sp³-hybridized carbons (Fsp3) is 0.250. The second kappa shape index (κ2) is 5.83. The van der Waals surface area contributed by atoms with E-state index in [9.17, 15) is 4.79 Å². The van der Waals surface area contributed by atoms with E-state index in [1.165, 1.54) is 0 Å². The molecule has 8 heteroatoms. The molecule has 0 fully saturated rings. The predicted octanol–water partition coefficient (Wildman–Crippen LogP) is 0.378. The number of benzene rings is 1. The second-order valence-electron chi connectivity index (χ2n) is 4.17. The largest absolute Gasteiger partial charge is 0.347 e. The summed E-state index contributed by atoms with van der Waals surface area (Å²) >= 11 is 1.59. The fourth-order valence-electron chi connectivity index (χ4n) is 1.79. The lowest BCUT2D eigenvalue weighted by Gasteiger charge is -2.05. The fourth-order valence-corrected chi connectivity index (χ4v) is 2.83. The lowest BCUT2D eigenvalue weighted by Crippen LogP contribution is -2.33. The van der Waals surface area contributed by atoms with Crippen LogP contribution in [0.4, 0.5) is 0 Å². The molecule has 20 heavy (non-hydrogen) atoms. The van der Waals surface area contributed by atoms with E-state index in [0.29, 0.717) is 11.6 Å². The Hall–Kier alpha value is -2.22. The van der Waals surface area contributed by atoms with Crippen molar-refractivity contribution in [3.8, 4) is 0 Å². The molecule has 7 nitrogen and oxygen atoms in total. The maximum absolute atomic E-state index is 12.0. The van der Waals surface area contributed by atoms with Gasteiger partial charge in [-0.2, -0.15) is 5.21 Å². The first-order valence-corrected chi connectivity index (χ1v) is 7.07. The first-order chi connectivity index (χ1) is 9.83. The van der Waals surface area contributed by atoms with Crippen LogP contribution in [0.2, 0.25) is 0 Å². The lowest BCUT2D eigenvalue weighted by molar-refractivity contribution is -0.121. The molecular weight excluding hydrogens is 276 g/mol. The van der Waals surface area contributed by atoms with Crippen molar-refractivity contribution in [3.05, 3.63) is 41.7 Å². The number of H-pyrrole nitrogens is 1. The van der Waals surface area contributed by atoms with Crippen molar-refractivity contribution in [2.24, 2.45) is 4.99 Å². The van der Waals surface area contributed by atoms with E-state index in [4.69, 9.17) is 0 Å². The molecule has 0 radical (unpaired) electrons. The molecule has 1 aliphatic heterocycles. The van der Waals surface area contributed by atoms with Crippen molar-refractivity contribution < 1.29 is 4.79 Å². The third-order valence-corrected chi connectivity index (χ3v) is 3.88. The second-order valence-corrected chi connectivity index (χ2v) is 5.18. The van der Waals surface area contributed by atoms with Crippen LogP contribution in [-0.2, 0) is 11.3 Å². The molecule has 1 aliphatic rings. The van der Waals surface area contributed by atoms with Gasteiger partial charge in [-0.25, -0.2) is 0 Å². The van der Waals surface area contributed by atoms with Crippen LogP contribution >= 0.6 is 11.8 Å². The number of nitrogens with one attached hydrogen (secondary N) is 2. The number of amides is 1. The molecule has 1 aromatic carbocycles. The van der Waals surface area contributed by atoms with Crippen LogP contribution in [0, 0.1) is 0 Å². The van der Waals surface area contributed by atoms with Gasteiger partial charge in [0, 0.05) is 11.3 Å². The van der Waals surface area contributed by atoms with E-state index in [2.05, 4.69) is 30.9 Å². The molecule has 0 aliphatic carbocycles. The standard InChI is InChI=1S/C12H12N6OS/c19-11(13-6-10-15-17-18-16-10)9-7-20-12(14-9)8-4-2-1-3-5-8/h1-5,9H,6-7H2,(H,13,19)(H,15,16,17,18). The van der Waals surface area contributed by atoms with E-state index in [0.717, 1.165) is 10.6 Å². The van der Waals surface area contributed by atoms with Gasteiger partial charge in [0.25, 0.3) is 0 Å². The van der Waals surface area contributed by atoms with Crippen LogP contribution in [0.25, 0.3) is 0 Å². The van der Waals surface area contributed by atoms with E-state index in [1.807, 2.05) is 30.3 Å². The molecular formula is C12H12N6OS. The molecule has 102 valence electrons. The van der Waals surface area contributed by atoms with Gasteiger partial charge in [0.05, 0.1) is 11.6 Å². The monoisotopic (exact) mass is 288 g/mol. The summed E-state index contributed by atoms with van der Waals surface area (Å²) in [5.74, 6) is 0.993. The van der Waals surface area contributed by atoms with Gasteiger partial charge in [-0.05, 0) is 0 Å². The highest BCUT2D eigenvalue weighted by molar-refractivity contribution is 8.14. The highest BCUT2D eigenvalue weighted by Crippen LogP contribution is 2.23. The summed E-state index contributed by atoms with van der Waals surface area (Å²) in [6.07, 6.45) is 0. The first-order valence-electron chi connectivity index (χ1n) is 6.09. The number of rotatable bonds is 4. The third-order valence-electron chi connectivity index (χ3n) is 2.78. The van der Waals surface area contributed by atoms with Crippen LogP contribution in [0.3, 0.4) is 0 Å². The van der Waals surface area contributed by atoms with Crippen molar-refractivity contribution in [1.29, 1.82) is 0 Å². The van der Waals surface area contributed by atoms with Crippen molar-refractivity contribution in [2.75, 3.05) is 5.75 Å². The van der Waals surface area contributed by atoms with Crippen LogP contribution in [0.1, 0.15) is 11.4 Å². The van der Waals surface area contributed by atoms with Crippen LogP contribution in [0.15, 0.2) is 35.3 Å². The molecule has 2 heterocycles. The molecule has 1 aromatic heterocycles. The highest BCUT2D eigenvalue weighted by Gasteiger charge is 2.25. The molecule has 2 aromatic rings. The number of hydrogen-bond donors (Lipinski definition) is 2. The normalized spacial score (nSPS) is 17.8. The summed E-state index contributed by atoms with van der Waals surface area (Å²) in [6, 6.07) is 9.50. The van der Waals surface area contributed by atoms with E-state index >= 15 is 0 Å². The van der Waals surface area contributed by atoms with Gasteiger partial charge in [0.1, 0.15) is 6.04 Å². The minimum absolute atomic E-state index is 0.117. The Labute approximate surface area is 119 Å². The average Bonchev–Trinajstić information content (AvgIpc) is 3.17. The number of tetrazole rings is 1. The summed E-state index contributed by atoms with van der Waals surface area (Å²) in [5, 5.41) is 17.0. The molecule has 0 saturated carbocycles. The number of aromatic amines is 1. The molecule has 1 amide bonds. The Morgan fingerprint density at radius 3 is 3.00 bits per heavy atom. The number of carbonyl (C=O) groups is 1. The lowest BCUT2D eigenvalue weighted by atomic mass is 10.2. The van der Waals surface area contributed by atoms with Gasteiger partial charge in [0.2, 0.25) is 5.91 Å². The Kier molecular flexibility index (Phi) is 3.73. The maximum Gasteiger partial charge on any atom is 0.246 e. The van der Waals surface area contributed by atoms with Gasteiger partial charge in [-0.15, -0.1) is 22.0 Å². The summed E-state index contributed by atoms with van der Waals surface area (Å²) in [4.78, 5) is 16.5. The van der Waals surface area contributed by atoms with Gasteiger partial charge in [0.15, 0.2) is 5.82 Å². The Morgan fingerprint density at radius 1 is 1.40 bits per heavy atom. The van der Waals surface area contributed by atoms with E-state index in [-0.39, 0.29) is 18.5 Å². The SMILES string of the molecule is O=C(NCc1nn[nH]n1)C1CSC(c2ccccc2)=N1. The van der Waals surface area contributed by atoms with Crippen LogP contribution in [0.5, 0.6) is 0 Å². The predicted molar refractivity (Wildman–Crippen MR) is 75.2 cm³/mol. The average molecular weight is 288 g/mol. The van der Waals surface area contributed by atoms with Crippen molar-refractivity contribution in [1.82, 2.24) is 25.9 Å².